The average Bonchev–Trinajstić information content (AvgIpc) is 2.87. The van der Waals surface area contributed by atoms with Crippen molar-refractivity contribution in [1.29, 1.82) is 0 Å². The number of methoxy groups -OCH3 is 2. The van der Waals surface area contributed by atoms with Crippen LogP contribution >= 0.6 is 23.4 Å². The number of alkyl halides is 1. The second-order valence-electron chi connectivity index (χ2n) is 7.42. The first-order valence-corrected chi connectivity index (χ1v) is 11.8. The molecule has 7 nitrogen and oxygen atoms in total. The fourth-order valence-electron chi connectivity index (χ4n) is 3.55. The smallest absolute Gasteiger partial charge is 0.355 e. The van der Waals surface area contributed by atoms with Crippen LogP contribution in [0.25, 0.3) is 0 Å². The molecule has 1 amide bonds. The topological polar surface area (TPSA) is 77.4 Å². The van der Waals surface area contributed by atoms with Crippen LogP contribution in [0.2, 0.25) is 0 Å². The van der Waals surface area contributed by atoms with Crippen LogP contribution in [0.15, 0.2) is 64.8 Å². The number of β-lactam (4-membered cyclic amide) rings is 1. The third-order valence-electron chi connectivity index (χ3n) is 5.40. The molecule has 0 radical (unpaired) electrons. The van der Waals surface area contributed by atoms with Gasteiger partial charge in [0.05, 0.1) is 14.2 Å². The van der Waals surface area contributed by atoms with Crippen LogP contribution in [-0.4, -0.2) is 60.3 Å². The normalized spacial score (nSPS) is 19.8. The van der Waals surface area contributed by atoms with Crippen molar-refractivity contribution in [3.63, 3.8) is 0 Å². The monoisotopic (exact) mass is 486 g/mol. The number of esters is 1. The summed E-state index contributed by atoms with van der Waals surface area (Å²) in [5.74, 6) is 1.36. The fourth-order valence-corrected chi connectivity index (χ4v) is 5.23. The number of carbonyl (C=O) groups excluding carboxylic acids is 2. The van der Waals surface area contributed by atoms with Crippen LogP contribution in [0.1, 0.15) is 11.1 Å². The van der Waals surface area contributed by atoms with Gasteiger partial charge in [0.25, 0.3) is 5.91 Å². The van der Waals surface area contributed by atoms with Crippen molar-refractivity contribution < 1.29 is 23.8 Å². The number of ether oxygens (including phenoxy) is 3. The van der Waals surface area contributed by atoms with E-state index in [9.17, 15) is 9.59 Å². The van der Waals surface area contributed by atoms with Gasteiger partial charge in [-0.3, -0.25) is 14.7 Å². The summed E-state index contributed by atoms with van der Waals surface area (Å²) < 4.78 is 15.8. The lowest BCUT2D eigenvalue weighted by atomic mass is 10.0. The van der Waals surface area contributed by atoms with Crippen LogP contribution in [0.5, 0.6) is 11.5 Å². The van der Waals surface area contributed by atoms with E-state index in [0.29, 0.717) is 11.3 Å². The Balaban J connectivity index is 1.44. The minimum atomic E-state index is -0.558. The number of hydrogen-bond acceptors (Lipinski definition) is 7. The Kier molecular flexibility index (Phi) is 7.25. The van der Waals surface area contributed by atoms with E-state index in [4.69, 9.17) is 25.8 Å². The zero-order valence-corrected chi connectivity index (χ0v) is 19.8. The Labute approximate surface area is 201 Å². The molecule has 2 aromatic carbocycles. The second-order valence-corrected chi connectivity index (χ2v) is 8.79. The Morgan fingerprint density at radius 3 is 2.36 bits per heavy atom. The summed E-state index contributed by atoms with van der Waals surface area (Å²) in [6, 6.07) is 14.1. The molecule has 2 aliphatic rings. The summed E-state index contributed by atoms with van der Waals surface area (Å²) in [6.07, 6.45) is 1.67. The predicted molar refractivity (Wildman–Crippen MR) is 128 cm³/mol. The van der Waals surface area contributed by atoms with Gasteiger partial charge in [-0.1, -0.05) is 12.1 Å². The molecule has 172 valence electrons. The zero-order valence-electron chi connectivity index (χ0n) is 18.2. The number of halogens is 1. The first-order valence-electron chi connectivity index (χ1n) is 10.3. The first-order chi connectivity index (χ1) is 16.0. The van der Waals surface area contributed by atoms with E-state index < -0.39 is 12.0 Å². The number of hydrogen-bond donors (Lipinski definition) is 0. The number of benzene rings is 2. The van der Waals surface area contributed by atoms with Gasteiger partial charge in [0, 0.05) is 17.8 Å². The lowest BCUT2D eigenvalue weighted by Gasteiger charge is -2.48. The molecule has 2 heterocycles. The fraction of sp³-hybridized carbons (Fsp3) is 0.292. The van der Waals surface area contributed by atoms with Gasteiger partial charge in [-0.05, 0) is 53.1 Å². The molecule has 9 heteroatoms. The van der Waals surface area contributed by atoms with Crippen molar-refractivity contribution in [2.24, 2.45) is 4.99 Å². The lowest BCUT2D eigenvalue weighted by Crippen LogP contribution is -2.64. The molecule has 1 fully saturated rings. The van der Waals surface area contributed by atoms with Crippen molar-refractivity contribution >= 4 is 41.5 Å². The van der Waals surface area contributed by atoms with Crippen LogP contribution in [-0.2, 0) is 20.9 Å². The molecular formula is C24H23ClN2O5S. The molecule has 0 N–H and O–H groups in total. The maximum absolute atomic E-state index is 12.9. The number of amides is 1. The molecule has 4 rings (SSSR count). The van der Waals surface area contributed by atoms with E-state index in [1.807, 2.05) is 36.4 Å². The highest BCUT2D eigenvalue weighted by molar-refractivity contribution is 8.00. The SMILES string of the molecule is COc1ccc(C=NC2C(=O)N3C(C(=O)OCc4ccc(OC)cc4)=C(CCl)CS[C@H]23)cc1. The Hall–Kier alpha value is -2.97. The van der Waals surface area contributed by atoms with Crippen molar-refractivity contribution in [2.45, 2.75) is 18.0 Å². The van der Waals surface area contributed by atoms with E-state index in [2.05, 4.69) is 4.99 Å². The Morgan fingerprint density at radius 2 is 1.76 bits per heavy atom. The van der Waals surface area contributed by atoms with Crippen LogP contribution in [0.3, 0.4) is 0 Å². The van der Waals surface area contributed by atoms with Gasteiger partial charge < -0.3 is 14.2 Å². The largest absolute Gasteiger partial charge is 0.497 e. The number of fused-ring (bicyclic) bond motifs is 1. The number of thioether (sulfide) groups is 1. The van der Waals surface area contributed by atoms with Gasteiger partial charge >= 0.3 is 5.97 Å². The van der Waals surface area contributed by atoms with Crippen molar-refractivity contribution in [3.8, 4) is 11.5 Å². The van der Waals surface area contributed by atoms with Gasteiger partial charge in [0.15, 0.2) is 6.04 Å². The number of nitrogens with zero attached hydrogens (tertiary/aromatic N) is 2. The third kappa shape index (κ3) is 4.86. The first kappa shape index (κ1) is 23.2. The lowest BCUT2D eigenvalue weighted by molar-refractivity contribution is -0.151. The van der Waals surface area contributed by atoms with E-state index in [0.717, 1.165) is 22.6 Å². The van der Waals surface area contributed by atoms with E-state index >= 15 is 0 Å². The molecule has 2 atom stereocenters. The minimum Gasteiger partial charge on any atom is -0.497 e. The number of rotatable bonds is 8. The van der Waals surface area contributed by atoms with E-state index in [-0.39, 0.29) is 29.5 Å². The standard InChI is InChI=1S/C24H23ClN2O5S/c1-30-18-7-3-15(4-8-18)12-26-20-22(28)27-21(17(11-25)14-33-23(20)27)24(29)32-13-16-5-9-19(31-2)10-6-16/h3-10,12,20,23H,11,13-14H2,1-2H3/t20?,23-/m1/s1. The highest BCUT2D eigenvalue weighted by Crippen LogP contribution is 2.42. The molecule has 0 bridgehead atoms. The molecule has 2 aliphatic heterocycles. The predicted octanol–water partition coefficient (Wildman–Crippen LogP) is 3.64. The van der Waals surface area contributed by atoms with E-state index in [1.165, 1.54) is 4.90 Å². The summed E-state index contributed by atoms with van der Waals surface area (Å²) in [5.41, 5.74) is 2.60. The molecule has 0 aromatic heterocycles. The van der Waals surface area contributed by atoms with Gasteiger partial charge in [0.2, 0.25) is 0 Å². The summed E-state index contributed by atoms with van der Waals surface area (Å²) in [4.78, 5) is 31.8. The molecular weight excluding hydrogens is 464 g/mol. The molecule has 33 heavy (non-hydrogen) atoms. The van der Waals surface area contributed by atoms with Crippen molar-refractivity contribution in [2.75, 3.05) is 25.9 Å². The molecule has 1 unspecified atom stereocenters. The summed E-state index contributed by atoms with van der Waals surface area (Å²) in [7, 11) is 3.19. The summed E-state index contributed by atoms with van der Waals surface area (Å²) in [5, 5.41) is -0.262. The maximum atomic E-state index is 12.9. The summed E-state index contributed by atoms with van der Waals surface area (Å²) >= 11 is 7.63. The van der Waals surface area contributed by atoms with E-state index in [1.54, 1.807) is 44.3 Å². The average molecular weight is 487 g/mol. The maximum Gasteiger partial charge on any atom is 0.355 e. The quantitative estimate of drug-likeness (QED) is 0.245. The highest BCUT2D eigenvalue weighted by Gasteiger charge is 2.53. The minimum absolute atomic E-state index is 0.0841. The molecule has 2 aromatic rings. The molecule has 0 saturated carbocycles. The molecule has 0 spiro atoms. The van der Waals surface area contributed by atoms with Crippen LogP contribution in [0, 0.1) is 0 Å². The van der Waals surface area contributed by atoms with Gasteiger partial charge in [-0.15, -0.1) is 23.4 Å². The number of carbonyl (C=O) groups is 2. The van der Waals surface area contributed by atoms with Gasteiger partial charge in [0.1, 0.15) is 29.2 Å². The Bertz CT molecular complexity index is 1090. The van der Waals surface area contributed by atoms with Crippen molar-refractivity contribution in [1.82, 2.24) is 4.90 Å². The van der Waals surface area contributed by atoms with Gasteiger partial charge in [-0.25, -0.2) is 4.79 Å². The summed E-state index contributed by atoms with van der Waals surface area (Å²) in [6.45, 7) is 0.0841. The Morgan fingerprint density at radius 1 is 1.12 bits per heavy atom. The third-order valence-corrected chi connectivity index (χ3v) is 7.05. The molecule has 0 aliphatic carbocycles. The highest BCUT2D eigenvalue weighted by atomic mass is 35.5. The number of aliphatic imine (C=N–C) groups is 1. The second kappa shape index (κ2) is 10.3. The zero-order chi connectivity index (χ0) is 23.4. The van der Waals surface area contributed by atoms with Crippen LogP contribution < -0.4 is 9.47 Å². The van der Waals surface area contributed by atoms with Crippen LogP contribution in [0.4, 0.5) is 0 Å². The molecule has 1 saturated heterocycles. The van der Waals surface area contributed by atoms with Gasteiger partial charge in [-0.2, -0.15) is 0 Å². The van der Waals surface area contributed by atoms with Crippen molar-refractivity contribution in [3.05, 3.63) is 70.9 Å².